The molecule has 112 heavy (non-hydrogen) atoms. The number of aliphatic hydroxyl groups is 1. The summed E-state index contributed by atoms with van der Waals surface area (Å²) in [5.41, 5.74) is 18.5. The number of nitrogens with one attached hydrogen (secondary N) is 10. The summed E-state index contributed by atoms with van der Waals surface area (Å²) in [4.78, 5) is 233. The second-order valence-corrected chi connectivity index (χ2v) is 29.8. The average molecular weight is 1570 g/mol. The van der Waals surface area contributed by atoms with Gasteiger partial charge in [-0.05, 0) is 105 Å². The number of aromatic nitrogens is 2. The molecule has 5 heterocycles. The summed E-state index contributed by atoms with van der Waals surface area (Å²) in [5, 5.41) is 53.4. The van der Waals surface area contributed by atoms with Gasteiger partial charge in [0.05, 0.1) is 31.9 Å². The Balaban J connectivity index is 0.986. The van der Waals surface area contributed by atoms with Crippen LogP contribution in [0, 0.1) is 17.8 Å². The van der Waals surface area contributed by atoms with E-state index in [1.807, 2.05) is 0 Å². The van der Waals surface area contributed by atoms with Crippen LogP contribution in [0.3, 0.4) is 0 Å². The van der Waals surface area contributed by atoms with Crippen molar-refractivity contribution in [2.75, 3.05) is 39.3 Å². The van der Waals surface area contributed by atoms with Crippen molar-refractivity contribution in [2.45, 2.75) is 223 Å². The lowest BCUT2D eigenvalue weighted by Gasteiger charge is -2.32. The van der Waals surface area contributed by atoms with Gasteiger partial charge in [-0.25, -0.2) is 9.78 Å². The highest BCUT2D eigenvalue weighted by molar-refractivity contribution is 6.01. The number of H-pyrrole nitrogens is 1. The van der Waals surface area contributed by atoms with E-state index in [0.29, 0.717) is 42.5 Å². The fourth-order valence-corrected chi connectivity index (χ4v) is 14.2. The first kappa shape index (κ1) is 88.1. The van der Waals surface area contributed by atoms with Crippen molar-refractivity contribution >= 4 is 94.6 Å². The Morgan fingerprint density at radius 3 is 1.50 bits per heavy atom. The van der Waals surface area contributed by atoms with Crippen LogP contribution >= 0.6 is 0 Å². The molecule has 2 aromatic carbocycles. The number of aliphatic carboxylic acids is 1. The van der Waals surface area contributed by atoms with E-state index in [1.165, 1.54) is 44.3 Å². The number of aromatic hydroxyl groups is 1. The van der Waals surface area contributed by atoms with Gasteiger partial charge in [0.25, 0.3) is 0 Å². The minimum Gasteiger partial charge on any atom is -0.508 e. The second-order valence-electron chi connectivity index (χ2n) is 29.8. The first-order valence-corrected chi connectivity index (χ1v) is 38.1. The molecule has 4 saturated heterocycles. The molecule has 37 nitrogen and oxygen atoms in total. The number of benzene rings is 2. The molecule has 37 heteroatoms. The summed E-state index contributed by atoms with van der Waals surface area (Å²) >= 11 is 0. The van der Waals surface area contributed by atoms with Gasteiger partial charge in [0.2, 0.25) is 88.6 Å². The van der Waals surface area contributed by atoms with Gasteiger partial charge in [-0.1, -0.05) is 90.4 Å². The van der Waals surface area contributed by atoms with Crippen molar-refractivity contribution in [3.8, 4) is 5.75 Å². The fourth-order valence-electron chi connectivity index (χ4n) is 14.2. The number of carboxylic acid groups (broad SMARTS) is 1. The molecule has 4 aliphatic heterocycles. The van der Waals surface area contributed by atoms with Gasteiger partial charge >= 0.3 is 5.97 Å². The van der Waals surface area contributed by atoms with E-state index >= 15 is 0 Å². The molecule has 4 fully saturated rings. The van der Waals surface area contributed by atoms with Gasteiger partial charge in [0.15, 0.2) is 0 Å². The molecule has 0 saturated carbocycles. The highest BCUT2D eigenvalue weighted by Gasteiger charge is 2.45. The molecule has 612 valence electrons. The van der Waals surface area contributed by atoms with Gasteiger partial charge in [0.1, 0.15) is 78.3 Å². The number of carbonyl (C=O) groups is 16. The number of aliphatic hydroxyl groups excluding tert-OH is 1. The summed E-state index contributed by atoms with van der Waals surface area (Å²) in [5.74, 6) is -14.9. The molecule has 19 N–H and O–H groups in total. The van der Waals surface area contributed by atoms with E-state index in [2.05, 4.69) is 57.8 Å². The topological polar surface area (TPSA) is 562 Å². The van der Waals surface area contributed by atoms with E-state index in [4.69, 9.17) is 17.2 Å². The van der Waals surface area contributed by atoms with Crippen LogP contribution in [0.2, 0.25) is 0 Å². The summed E-state index contributed by atoms with van der Waals surface area (Å²) in [7, 11) is 0. The molecular formula is C75H108N18O19. The van der Waals surface area contributed by atoms with Crippen molar-refractivity contribution in [1.29, 1.82) is 0 Å². The normalized spacial score (nSPS) is 19.4. The number of likely N-dealkylation sites (tertiary alicyclic amines) is 4. The van der Waals surface area contributed by atoms with Crippen LogP contribution in [0.25, 0.3) is 0 Å². The summed E-state index contributed by atoms with van der Waals surface area (Å²) < 4.78 is 0. The predicted octanol–water partition coefficient (Wildman–Crippen LogP) is -3.60. The fraction of sp³-hybridized carbons (Fsp3) is 0.587. The van der Waals surface area contributed by atoms with Crippen molar-refractivity contribution in [3.63, 3.8) is 0 Å². The molecule has 1 aromatic heterocycles. The molecule has 4 aliphatic rings. The lowest BCUT2D eigenvalue weighted by molar-refractivity contribution is -0.145. The third-order valence-electron chi connectivity index (χ3n) is 20.6. The Morgan fingerprint density at radius 1 is 0.527 bits per heavy atom. The number of rotatable bonds is 40. The maximum atomic E-state index is 14.9. The molecule has 7 rings (SSSR count). The van der Waals surface area contributed by atoms with Gasteiger partial charge in [0, 0.05) is 63.8 Å². The Bertz CT molecular complexity index is 3850. The van der Waals surface area contributed by atoms with Gasteiger partial charge in [-0.2, -0.15) is 0 Å². The minimum absolute atomic E-state index is 0.00354. The van der Waals surface area contributed by atoms with Crippen LogP contribution in [-0.2, 0) is 96.0 Å². The van der Waals surface area contributed by atoms with Crippen molar-refractivity contribution < 1.29 is 92.0 Å². The third kappa shape index (κ3) is 24.7. The Kier molecular flexibility index (Phi) is 32.9. The van der Waals surface area contributed by atoms with Crippen LogP contribution in [0.1, 0.15) is 142 Å². The summed E-state index contributed by atoms with van der Waals surface area (Å²) in [6.07, 6.45) is 3.15. The van der Waals surface area contributed by atoms with E-state index in [9.17, 15) is 92.0 Å². The smallest absolute Gasteiger partial charge is 0.326 e. The van der Waals surface area contributed by atoms with E-state index < -0.39 is 199 Å². The van der Waals surface area contributed by atoms with Crippen LogP contribution in [-0.4, -0.2) is 257 Å². The van der Waals surface area contributed by atoms with Crippen LogP contribution in [0.4, 0.5) is 0 Å². The average Bonchev–Trinajstić information content (AvgIpc) is 1.61. The highest BCUT2D eigenvalue weighted by Crippen LogP contribution is 2.26. The second kappa shape index (κ2) is 41.8. The minimum atomic E-state index is -1.88. The maximum absolute atomic E-state index is 14.9. The van der Waals surface area contributed by atoms with Crippen molar-refractivity contribution in [2.24, 2.45) is 35.0 Å². The lowest BCUT2D eigenvalue weighted by Crippen LogP contribution is -2.61. The number of aromatic amines is 1. The Morgan fingerprint density at radius 2 is 0.991 bits per heavy atom. The number of nitrogens with two attached hydrogens (primary N) is 3. The molecule has 0 unspecified atom stereocenters. The summed E-state index contributed by atoms with van der Waals surface area (Å²) in [6.45, 7) is 9.04. The predicted molar refractivity (Wildman–Crippen MR) is 400 cm³/mol. The number of hydrogen-bond acceptors (Lipinski definition) is 20. The molecule has 14 atom stereocenters. The number of amides is 15. The molecule has 0 radical (unpaired) electrons. The standard InChI is InChI=1S/C75H108N18O19/c1-7-42(6)62(71(107)84-48(34-45-36-79-39-81-45)63(99)83-49(35-59(77)97)64(100)88-53(38-94)65(101)85-50(31-40(2)3)72(108)92-29-13-19-56(92)67(103)82-47(75(111)112)25-26-58(76)96)89-69(105)55-18-11-27-90(55)60(98)37-80-66(102)54-17-12-28-91(54)73(109)51(32-43-15-9-8-10-16-43)86-68(104)57-20-14-30-93(57)74(110)52(87-70(106)61(78)41(4)5)33-44-21-23-46(95)24-22-44/h8-10,15-16,21-24,36,39-42,47-57,61-62,94-95H,7,11-14,17-20,25-35,37-38,78H2,1-6H3,(H2,76,96)(H2,77,97)(H,79,81)(H,80,102)(H,82,103)(H,83,99)(H,84,107)(H,85,101)(H,86,104)(H,87,106)(H,88,100)(H,89,105)(H,111,112)/t42-,47-,48-,49-,50-,51-,52-,53-,54-,55-,56-,57-,61-,62-/m0/s1. The molecule has 15 amide bonds. The zero-order valence-corrected chi connectivity index (χ0v) is 64.0. The molecule has 0 spiro atoms. The maximum Gasteiger partial charge on any atom is 0.326 e. The Hall–Kier alpha value is -11.1. The number of nitrogens with zero attached hydrogens (tertiary/aromatic N) is 5. The quantitative estimate of drug-likeness (QED) is 0.0261. The molecule has 0 bridgehead atoms. The number of phenolic OH excluding ortho intramolecular Hbond substituents is 1. The Labute approximate surface area is 648 Å². The molecular weight excluding hydrogens is 1460 g/mol. The highest BCUT2D eigenvalue weighted by atomic mass is 16.4. The SMILES string of the molecule is CC[C@H](C)[C@H](NC(=O)[C@@H]1CCCN1C(=O)CNC(=O)[C@@H]1CCCN1C(=O)[C@H](Cc1ccccc1)NC(=O)[C@@H]1CCCN1C(=O)[C@H](Cc1ccc(O)cc1)NC(=O)[C@@H](N)C(C)C)C(=O)N[C@@H](Cc1cnc[nH]1)C(=O)N[C@@H](CC(N)=O)C(=O)N[C@@H](CO)C(=O)N[C@@H](CC(C)C)C(=O)N1CCC[C@H]1C(=O)N[C@@H](CCC(N)=O)C(=O)O. The number of primary amides is 2. The monoisotopic (exact) mass is 1560 g/mol. The summed E-state index contributed by atoms with van der Waals surface area (Å²) in [6, 6.07) is -2.46. The van der Waals surface area contributed by atoms with Gasteiger partial charge in [-0.3, -0.25) is 71.9 Å². The number of phenols is 1. The first-order chi connectivity index (χ1) is 53.2. The van der Waals surface area contributed by atoms with Crippen LogP contribution in [0.5, 0.6) is 5.75 Å². The van der Waals surface area contributed by atoms with Crippen molar-refractivity contribution in [1.82, 2.24) is 77.4 Å². The van der Waals surface area contributed by atoms with Gasteiger partial charge < -0.3 is 105 Å². The first-order valence-electron chi connectivity index (χ1n) is 38.1. The molecule has 3 aromatic rings. The largest absolute Gasteiger partial charge is 0.508 e. The van der Waals surface area contributed by atoms with Crippen molar-refractivity contribution in [3.05, 3.63) is 83.9 Å². The molecule has 0 aliphatic carbocycles. The van der Waals surface area contributed by atoms with Gasteiger partial charge in [-0.15, -0.1) is 0 Å². The van der Waals surface area contributed by atoms with E-state index in [0.717, 1.165) is 0 Å². The lowest BCUT2D eigenvalue weighted by atomic mass is 9.97. The van der Waals surface area contributed by atoms with E-state index in [1.54, 1.807) is 84.0 Å². The zero-order valence-electron chi connectivity index (χ0n) is 64.0. The van der Waals surface area contributed by atoms with Crippen LogP contribution < -0.4 is 65.1 Å². The number of hydrogen-bond donors (Lipinski definition) is 16. The number of carbonyl (C=O) groups excluding carboxylic acids is 15. The van der Waals surface area contributed by atoms with Crippen LogP contribution in [0.15, 0.2) is 67.1 Å². The third-order valence-corrected chi connectivity index (χ3v) is 20.6. The number of imidazole rings is 1. The van der Waals surface area contributed by atoms with E-state index in [-0.39, 0.29) is 114 Å². The zero-order chi connectivity index (χ0) is 82.2. The number of carboxylic acids is 1.